The van der Waals surface area contributed by atoms with Crippen LogP contribution in [0.5, 0.6) is 0 Å². The van der Waals surface area contributed by atoms with E-state index in [1.165, 1.54) is 18.2 Å². The number of aliphatic hydroxyl groups excluding tert-OH is 1. The molecule has 242 valence electrons. The summed E-state index contributed by atoms with van der Waals surface area (Å²) in [7, 11) is 0. The lowest BCUT2D eigenvalue weighted by Crippen LogP contribution is -2.64. The number of alkyl halides is 1. The van der Waals surface area contributed by atoms with E-state index in [2.05, 4.69) is 9.82 Å². The number of fused-ring (bicyclic) bond motifs is 7. The Kier molecular flexibility index (Phi) is 7.52. The van der Waals surface area contributed by atoms with Crippen LogP contribution in [-0.4, -0.2) is 69.1 Å². The fourth-order valence-electron chi connectivity index (χ4n) is 9.21. The highest BCUT2D eigenvalue weighted by molar-refractivity contribution is 6.01. The Labute approximate surface area is 259 Å². The standard InChI is InChI=1S/C32H37FN2O10/c1-29(2)44-26-13-21-20-12-23(33)22-11-19(36)8-9-30(22,3)28(20)24(37)14-31(21,4)32(26,45-29)25(38)16-42-27(39)10-17-6-5-7-18(34-17)15-43-35(40)41/h5-9,11,20-21,23-24,26,28,37H,10,12-16H2,1-4H3/t20?,21?,23-,24?,26+,28?,30-,31-,32+/m0/s1. The Bertz CT molecular complexity index is 1510. The van der Waals surface area contributed by atoms with Crippen molar-refractivity contribution < 1.29 is 48.0 Å². The van der Waals surface area contributed by atoms with Crippen LogP contribution >= 0.6 is 0 Å². The number of pyridine rings is 1. The molecule has 13 heteroatoms. The van der Waals surface area contributed by atoms with Gasteiger partial charge < -0.3 is 24.2 Å². The predicted molar refractivity (Wildman–Crippen MR) is 152 cm³/mol. The van der Waals surface area contributed by atoms with Crippen molar-refractivity contribution in [1.82, 2.24) is 4.98 Å². The summed E-state index contributed by atoms with van der Waals surface area (Å²) in [4.78, 5) is 58.2. The van der Waals surface area contributed by atoms with E-state index < -0.39 is 64.0 Å². The van der Waals surface area contributed by atoms with E-state index in [9.17, 15) is 29.6 Å². The van der Waals surface area contributed by atoms with Crippen molar-refractivity contribution in [3.8, 4) is 0 Å². The van der Waals surface area contributed by atoms with Crippen LogP contribution in [0.25, 0.3) is 0 Å². The Hall–Kier alpha value is -3.55. The molecular formula is C32H37FN2O10. The summed E-state index contributed by atoms with van der Waals surface area (Å²) in [6, 6.07) is 4.64. The van der Waals surface area contributed by atoms with Crippen molar-refractivity contribution in [3.63, 3.8) is 0 Å². The van der Waals surface area contributed by atoms with E-state index >= 15 is 4.39 Å². The van der Waals surface area contributed by atoms with E-state index in [1.807, 2.05) is 13.8 Å². The maximum Gasteiger partial charge on any atom is 0.312 e. The van der Waals surface area contributed by atoms with Gasteiger partial charge in [0.05, 0.1) is 30.0 Å². The number of nitrogens with zero attached hydrogens (tertiary/aromatic N) is 2. The zero-order valence-corrected chi connectivity index (χ0v) is 25.6. The Morgan fingerprint density at radius 1 is 1.20 bits per heavy atom. The van der Waals surface area contributed by atoms with Crippen LogP contribution in [0.15, 0.2) is 42.0 Å². The lowest BCUT2D eigenvalue weighted by Gasteiger charge is -2.60. The normalized spacial score (nSPS) is 39.2. The lowest BCUT2D eigenvalue weighted by atomic mass is 9.46. The first kappa shape index (κ1) is 31.4. The molecular weight excluding hydrogens is 591 g/mol. The molecule has 4 fully saturated rings. The van der Waals surface area contributed by atoms with Crippen molar-refractivity contribution >= 4 is 17.5 Å². The Morgan fingerprint density at radius 3 is 2.67 bits per heavy atom. The van der Waals surface area contributed by atoms with E-state index in [1.54, 1.807) is 32.1 Å². The minimum absolute atomic E-state index is 0.0959. The molecule has 1 aromatic rings. The van der Waals surface area contributed by atoms with Gasteiger partial charge >= 0.3 is 5.97 Å². The molecule has 2 heterocycles. The average Bonchev–Trinajstić information content (AvgIpc) is 3.37. The van der Waals surface area contributed by atoms with Crippen molar-refractivity contribution in [1.29, 1.82) is 0 Å². The molecule has 1 saturated heterocycles. The summed E-state index contributed by atoms with van der Waals surface area (Å²) in [5, 5.41) is 21.3. The fraction of sp³-hybridized carbons (Fsp3) is 0.625. The number of halogens is 1. The predicted octanol–water partition coefficient (Wildman–Crippen LogP) is 3.17. The van der Waals surface area contributed by atoms with Crippen molar-refractivity contribution in [2.75, 3.05) is 6.61 Å². The molecule has 1 aromatic heterocycles. The Morgan fingerprint density at radius 2 is 1.93 bits per heavy atom. The molecule has 0 bridgehead atoms. The second-order valence-corrected chi connectivity index (χ2v) is 13.8. The number of aliphatic hydroxyl groups is 1. The van der Waals surface area contributed by atoms with E-state index in [4.69, 9.17) is 14.2 Å². The van der Waals surface area contributed by atoms with Crippen LogP contribution < -0.4 is 0 Å². The number of ether oxygens (including phenoxy) is 3. The molecule has 0 spiro atoms. The highest BCUT2D eigenvalue weighted by Crippen LogP contribution is 2.70. The van der Waals surface area contributed by atoms with Gasteiger partial charge in [0.1, 0.15) is 12.8 Å². The minimum atomic E-state index is -1.56. The van der Waals surface area contributed by atoms with Gasteiger partial charge in [-0.1, -0.05) is 26.0 Å². The smallest absolute Gasteiger partial charge is 0.312 e. The second kappa shape index (κ2) is 10.8. The van der Waals surface area contributed by atoms with Crippen LogP contribution in [0.2, 0.25) is 0 Å². The number of allylic oxidation sites excluding steroid dienone is 4. The molecule has 3 saturated carbocycles. The summed E-state index contributed by atoms with van der Waals surface area (Å²) in [6.45, 7) is 6.15. The molecule has 0 amide bonds. The summed E-state index contributed by atoms with van der Waals surface area (Å²) < 4.78 is 34.0. The maximum absolute atomic E-state index is 15.8. The van der Waals surface area contributed by atoms with Gasteiger partial charge in [-0.05, 0) is 74.8 Å². The van der Waals surface area contributed by atoms with E-state index in [0.29, 0.717) is 12.0 Å². The first-order valence-corrected chi connectivity index (χ1v) is 15.2. The average molecular weight is 629 g/mol. The minimum Gasteiger partial charge on any atom is -0.457 e. The van der Waals surface area contributed by atoms with Crippen molar-refractivity contribution in [2.45, 2.75) is 89.8 Å². The summed E-state index contributed by atoms with van der Waals surface area (Å²) in [5.41, 5.74) is -2.49. The monoisotopic (exact) mass is 628 g/mol. The molecule has 4 unspecified atom stereocenters. The molecule has 5 aliphatic rings. The van der Waals surface area contributed by atoms with Gasteiger partial charge in [0.15, 0.2) is 23.8 Å². The van der Waals surface area contributed by atoms with Crippen LogP contribution in [0.4, 0.5) is 4.39 Å². The zero-order valence-electron chi connectivity index (χ0n) is 25.6. The summed E-state index contributed by atoms with van der Waals surface area (Å²) >= 11 is 0. The van der Waals surface area contributed by atoms with Gasteiger partial charge in [0.2, 0.25) is 5.78 Å². The highest BCUT2D eigenvalue weighted by atomic mass is 19.1. The zero-order chi connectivity index (χ0) is 32.5. The Balaban J connectivity index is 1.24. The molecule has 9 atom stereocenters. The maximum atomic E-state index is 15.8. The van der Waals surface area contributed by atoms with Gasteiger partial charge in [-0.15, -0.1) is 10.1 Å². The number of Topliss-reactive ketones (excluding diaryl/α,β-unsaturated/α-hetero) is 1. The lowest BCUT2D eigenvalue weighted by molar-refractivity contribution is -0.763. The molecule has 4 aliphatic carbocycles. The van der Waals surface area contributed by atoms with Crippen molar-refractivity contribution in [3.05, 3.63) is 63.5 Å². The molecule has 1 aliphatic heterocycles. The fourth-order valence-corrected chi connectivity index (χ4v) is 9.21. The van der Waals surface area contributed by atoms with Gasteiger partial charge in [-0.3, -0.25) is 19.4 Å². The first-order chi connectivity index (χ1) is 21.1. The molecule has 1 N–H and O–H groups in total. The molecule has 45 heavy (non-hydrogen) atoms. The van der Waals surface area contributed by atoms with E-state index in [-0.39, 0.29) is 60.8 Å². The molecule has 12 nitrogen and oxygen atoms in total. The van der Waals surface area contributed by atoms with Crippen LogP contribution in [-0.2, 0) is 46.5 Å². The third-order valence-electron chi connectivity index (χ3n) is 10.8. The molecule has 0 radical (unpaired) electrons. The number of carbonyl (C=O) groups is 3. The first-order valence-electron chi connectivity index (χ1n) is 15.2. The third kappa shape index (κ3) is 4.99. The molecule has 6 rings (SSSR count). The number of esters is 1. The van der Waals surface area contributed by atoms with Crippen LogP contribution in [0, 0.1) is 38.7 Å². The number of aromatic nitrogens is 1. The number of rotatable bonds is 8. The topological polar surface area (TPSA) is 164 Å². The van der Waals surface area contributed by atoms with Gasteiger partial charge in [0.25, 0.3) is 5.09 Å². The summed E-state index contributed by atoms with van der Waals surface area (Å²) in [6.07, 6.45) is 1.82. The SMILES string of the molecule is CC1(C)O[C@@H]2CC3C4C[C@H](F)C5=CC(=O)C=C[C@]5(C)C4C(O)C[C@]3(C)[C@]2(C(=O)COC(=O)Cc2cccc(CO[N+](=O)[O-])n2)O1. The van der Waals surface area contributed by atoms with Crippen LogP contribution in [0.3, 0.4) is 0 Å². The number of ketones is 2. The third-order valence-corrected chi connectivity index (χ3v) is 10.8. The second-order valence-electron chi connectivity index (χ2n) is 13.8. The molecule has 0 aromatic carbocycles. The van der Waals surface area contributed by atoms with Crippen LogP contribution in [0.1, 0.15) is 58.3 Å². The van der Waals surface area contributed by atoms with E-state index in [0.717, 1.165) is 0 Å². The van der Waals surface area contributed by atoms with Gasteiger partial charge in [-0.25, -0.2) is 4.39 Å². The summed E-state index contributed by atoms with van der Waals surface area (Å²) in [5.74, 6) is -3.64. The largest absolute Gasteiger partial charge is 0.457 e. The number of hydrogen-bond donors (Lipinski definition) is 1. The quantitative estimate of drug-likeness (QED) is 0.255. The number of hydrogen-bond acceptors (Lipinski definition) is 11. The number of carbonyl (C=O) groups excluding carboxylic acids is 3. The van der Waals surface area contributed by atoms with Gasteiger partial charge in [-0.2, -0.15) is 0 Å². The highest BCUT2D eigenvalue weighted by Gasteiger charge is 2.77. The van der Waals surface area contributed by atoms with Gasteiger partial charge in [0, 0.05) is 16.7 Å². The van der Waals surface area contributed by atoms with Crippen molar-refractivity contribution in [2.24, 2.45) is 28.6 Å².